The van der Waals surface area contributed by atoms with Gasteiger partial charge >= 0.3 is 0 Å². The maximum Gasteiger partial charge on any atom is 0.230 e. The number of halogens is 1. The molecule has 2 aromatic carbocycles. The van der Waals surface area contributed by atoms with Gasteiger partial charge in [0.2, 0.25) is 11.8 Å². The highest BCUT2D eigenvalue weighted by Crippen LogP contribution is 2.36. The molecule has 1 unspecified atom stereocenters. The molecule has 0 aliphatic carbocycles. The zero-order valence-corrected chi connectivity index (χ0v) is 18.7. The van der Waals surface area contributed by atoms with Crippen LogP contribution in [0.25, 0.3) is 0 Å². The lowest BCUT2D eigenvalue weighted by molar-refractivity contribution is -0.135. The Hall–Kier alpha value is -2.37. The molecule has 2 amide bonds. The summed E-state index contributed by atoms with van der Waals surface area (Å²) in [6, 6.07) is 17.6. The van der Waals surface area contributed by atoms with E-state index in [2.05, 4.69) is 10.2 Å². The molecule has 3 rings (SSSR count). The van der Waals surface area contributed by atoms with Gasteiger partial charge in [0.25, 0.3) is 0 Å². The molecule has 2 aromatic rings. The van der Waals surface area contributed by atoms with Crippen LogP contribution in [0.5, 0.6) is 0 Å². The lowest BCUT2D eigenvalue weighted by Gasteiger charge is -2.41. The molecule has 1 aliphatic rings. The van der Waals surface area contributed by atoms with Gasteiger partial charge < -0.3 is 15.1 Å². The van der Waals surface area contributed by atoms with Gasteiger partial charge in [-0.2, -0.15) is 0 Å². The zero-order chi connectivity index (χ0) is 21.7. The third-order valence-electron chi connectivity index (χ3n) is 6.17. The third-order valence-corrected chi connectivity index (χ3v) is 6.51. The molecule has 1 heterocycles. The van der Waals surface area contributed by atoms with Crippen LogP contribution in [0.2, 0.25) is 5.02 Å². The first-order valence-corrected chi connectivity index (χ1v) is 10.7. The number of carbonyl (C=O) groups excluding carboxylic acids is 2. The Kier molecular flexibility index (Phi) is 7.16. The fourth-order valence-electron chi connectivity index (χ4n) is 4.28. The normalized spacial score (nSPS) is 16.9. The number of likely N-dealkylation sites (tertiary alicyclic amines) is 1. The number of carbonyl (C=O) groups is 2. The number of piperidine rings is 1. The van der Waals surface area contributed by atoms with E-state index >= 15 is 0 Å². The van der Waals surface area contributed by atoms with E-state index in [1.165, 1.54) is 0 Å². The lowest BCUT2D eigenvalue weighted by Crippen LogP contribution is -2.53. The molecule has 1 N–H and O–H groups in total. The highest BCUT2D eigenvalue weighted by atomic mass is 35.5. The number of likely N-dealkylation sites (N-methyl/N-ethyl adjacent to an activating group) is 1. The van der Waals surface area contributed by atoms with Gasteiger partial charge in [-0.05, 0) is 44.1 Å². The summed E-state index contributed by atoms with van der Waals surface area (Å²) in [5, 5.41) is 3.89. The molecule has 6 heteroatoms. The van der Waals surface area contributed by atoms with Gasteiger partial charge in [-0.1, -0.05) is 60.1 Å². The smallest absolute Gasteiger partial charge is 0.230 e. The summed E-state index contributed by atoms with van der Waals surface area (Å²) >= 11 is 6.42. The van der Waals surface area contributed by atoms with Crippen LogP contribution in [-0.4, -0.2) is 55.3 Å². The number of hydrogen-bond acceptors (Lipinski definition) is 3. The number of hydrogen-bond donors (Lipinski definition) is 1. The summed E-state index contributed by atoms with van der Waals surface area (Å²) < 4.78 is 0. The third kappa shape index (κ3) is 4.68. The van der Waals surface area contributed by atoms with Crippen molar-refractivity contribution in [2.24, 2.45) is 0 Å². The van der Waals surface area contributed by atoms with E-state index in [1.54, 1.807) is 6.92 Å². The molecule has 30 heavy (non-hydrogen) atoms. The Morgan fingerprint density at radius 1 is 1.07 bits per heavy atom. The van der Waals surface area contributed by atoms with E-state index in [4.69, 9.17) is 11.6 Å². The zero-order valence-electron chi connectivity index (χ0n) is 17.9. The van der Waals surface area contributed by atoms with E-state index < -0.39 is 5.41 Å². The molecule has 0 spiro atoms. The van der Waals surface area contributed by atoms with Crippen molar-refractivity contribution < 1.29 is 9.59 Å². The predicted octanol–water partition coefficient (Wildman–Crippen LogP) is 3.64. The van der Waals surface area contributed by atoms with Crippen LogP contribution in [0.1, 0.15) is 36.9 Å². The molecule has 160 valence electrons. The summed E-state index contributed by atoms with van der Waals surface area (Å²) in [5.74, 6) is 0.0688. The van der Waals surface area contributed by atoms with Crippen molar-refractivity contribution in [2.45, 2.75) is 31.2 Å². The van der Waals surface area contributed by atoms with Crippen LogP contribution in [0.4, 0.5) is 0 Å². The highest BCUT2D eigenvalue weighted by molar-refractivity contribution is 6.31. The van der Waals surface area contributed by atoms with Crippen LogP contribution in [0, 0.1) is 0 Å². The van der Waals surface area contributed by atoms with Crippen molar-refractivity contribution in [2.75, 3.05) is 33.7 Å². The Morgan fingerprint density at radius 2 is 1.67 bits per heavy atom. The van der Waals surface area contributed by atoms with Gasteiger partial charge in [0.15, 0.2) is 0 Å². The lowest BCUT2D eigenvalue weighted by atomic mass is 9.72. The summed E-state index contributed by atoms with van der Waals surface area (Å²) in [5.41, 5.74) is 1.36. The quantitative estimate of drug-likeness (QED) is 0.765. The van der Waals surface area contributed by atoms with E-state index in [-0.39, 0.29) is 17.9 Å². The Morgan fingerprint density at radius 3 is 2.23 bits per heavy atom. The molecule has 0 radical (unpaired) electrons. The van der Waals surface area contributed by atoms with Gasteiger partial charge in [0, 0.05) is 31.6 Å². The van der Waals surface area contributed by atoms with Crippen molar-refractivity contribution in [3.63, 3.8) is 0 Å². The largest absolute Gasteiger partial charge is 0.353 e. The topological polar surface area (TPSA) is 52.7 Å². The first-order chi connectivity index (χ1) is 14.3. The van der Waals surface area contributed by atoms with Gasteiger partial charge in [-0.25, -0.2) is 0 Å². The number of nitrogens with zero attached hydrogens (tertiary/aromatic N) is 2. The van der Waals surface area contributed by atoms with E-state index in [1.807, 2.05) is 73.6 Å². The standard InChI is InChI=1S/C24H30ClN3O2/c1-18(29)28-15-13-24(14-16-28,19-9-5-4-6-10-19)23(30)26-17-22(27(2)3)20-11-7-8-12-21(20)25/h4-12,22H,13-17H2,1-3H3,(H,26,30). The average Bonchev–Trinajstić information content (AvgIpc) is 2.75. The number of benzene rings is 2. The maximum absolute atomic E-state index is 13.6. The number of rotatable bonds is 6. The van der Waals surface area contributed by atoms with Gasteiger partial charge in [0.05, 0.1) is 11.5 Å². The van der Waals surface area contributed by atoms with E-state index in [0.29, 0.717) is 37.5 Å². The Labute approximate surface area is 184 Å². The fraction of sp³-hybridized carbons (Fsp3) is 0.417. The van der Waals surface area contributed by atoms with Gasteiger partial charge in [-0.15, -0.1) is 0 Å². The molecule has 5 nitrogen and oxygen atoms in total. The first kappa shape index (κ1) is 22.3. The van der Waals surface area contributed by atoms with Gasteiger partial charge in [0.1, 0.15) is 0 Å². The summed E-state index contributed by atoms with van der Waals surface area (Å²) in [6.45, 7) is 3.21. The molecule has 1 aliphatic heterocycles. The van der Waals surface area contributed by atoms with Gasteiger partial charge in [-0.3, -0.25) is 9.59 Å². The molecule has 0 saturated carbocycles. The van der Waals surface area contributed by atoms with Crippen LogP contribution >= 0.6 is 11.6 Å². The SMILES string of the molecule is CC(=O)N1CCC(C(=O)NCC(c2ccccc2Cl)N(C)C)(c2ccccc2)CC1. The molecule has 1 atom stereocenters. The molecule has 0 bridgehead atoms. The van der Waals surface area contributed by atoms with Crippen LogP contribution in [0.15, 0.2) is 54.6 Å². The minimum atomic E-state index is -0.634. The molecular formula is C24H30ClN3O2. The van der Waals surface area contributed by atoms with Crippen LogP contribution < -0.4 is 5.32 Å². The second kappa shape index (κ2) is 9.63. The minimum Gasteiger partial charge on any atom is -0.353 e. The van der Waals surface area contributed by atoms with E-state index in [9.17, 15) is 9.59 Å². The van der Waals surface area contributed by atoms with Crippen LogP contribution in [-0.2, 0) is 15.0 Å². The summed E-state index contributed by atoms with van der Waals surface area (Å²) in [6.07, 6.45) is 1.22. The molecule has 1 saturated heterocycles. The fourth-order valence-corrected chi connectivity index (χ4v) is 4.54. The predicted molar refractivity (Wildman–Crippen MR) is 120 cm³/mol. The summed E-state index contributed by atoms with van der Waals surface area (Å²) in [7, 11) is 3.97. The van der Waals surface area contributed by atoms with Crippen molar-refractivity contribution in [1.29, 1.82) is 0 Å². The molecular weight excluding hydrogens is 398 g/mol. The molecule has 0 aromatic heterocycles. The second-order valence-electron chi connectivity index (χ2n) is 8.17. The summed E-state index contributed by atoms with van der Waals surface area (Å²) in [4.78, 5) is 29.3. The minimum absolute atomic E-state index is 0.0100. The Balaban J connectivity index is 1.82. The Bertz CT molecular complexity index is 877. The number of amides is 2. The van der Waals surface area contributed by atoms with Crippen molar-refractivity contribution in [3.8, 4) is 0 Å². The number of nitrogens with one attached hydrogen (secondary N) is 1. The van der Waals surface area contributed by atoms with Crippen LogP contribution in [0.3, 0.4) is 0 Å². The van der Waals surface area contributed by atoms with Crippen molar-refractivity contribution >= 4 is 23.4 Å². The van der Waals surface area contributed by atoms with Crippen molar-refractivity contribution in [3.05, 3.63) is 70.7 Å². The first-order valence-electron chi connectivity index (χ1n) is 10.4. The van der Waals surface area contributed by atoms with Crippen molar-refractivity contribution in [1.82, 2.24) is 15.1 Å². The second-order valence-corrected chi connectivity index (χ2v) is 8.57. The average molecular weight is 428 g/mol. The molecule has 1 fully saturated rings. The maximum atomic E-state index is 13.6. The monoisotopic (exact) mass is 427 g/mol. The van der Waals surface area contributed by atoms with E-state index in [0.717, 1.165) is 11.1 Å². The highest BCUT2D eigenvalue weighted by Gasteiger charge is 2.43.